The number of nitrogens with one attached hydrogen (secondary N) is 1. The number of nitriles is 1. The summed E-state index contributed by atoms with van der Waals surface area (Å²) in [6.45, 7) is 2.25. The lowest BCUT2D eigenvalue weighted by atomic mass is 10.1. The monoisotopic (exact) mass is 457 g/mol. The van der Waals surface area contributed by atoms with Gasteiger partial charge in [0.2, 0.25) is 5.91 Å². The van der Waals surface area contributed by atoms with E-state index < -0.39 is 9.84 Å². The molecule has 2 aromatic carbocycles. The summed E-state index contributed by atoms with van der Waals surface area (Å²) in [6, 6.07) is 15.4. The molecule has 1 N–H and O–H groups in total. The minimum atomic E-state index is -3.10. The van der Waals surface area contributed by atoms with Crippen LogP contribution in [0.1, 0.15) is 29.3 Å². The van der Waals surface area contributed by atoms with E-state index in [0.29, 0.717) is 34.7 Å². The standard InChI is InChI=1S/C22H23N3O4S2/c1-2-25(18-10-11-31(28,29)15-18)22(27)19-8-3-4-9-20(19)30-14-21(26)24-17-7-5-6-16(12-17)13-23/h3-9,12,18H,2,10-11,14-15H2,1H3,(H,24,26). The van der Waals surface area contributed by atoms with Crippen molar-refractivity contribution in [3.63, 3.8) is 0 Å². The molecule has 1 aliphatic heterocycles. The largest absolute Gasteiger partial charge is 0.335 e. The fourth-order valence-corrected chi connectivity index (χ4v) is 6.09. The number of thioether (sulfide) groups is 1. The van der Waals surface area contributed by atoms with E-state index in [-0.39, 0.29) is 35.1 Å². The maximum atomic E-state index is 13.2. The number of nitrogens with zero attached hydrogens (tertiary/aromatic N) is 2. The van der Waals surface area contributed by atoms with Gasteiger partial charge in [0.1, 0.15) is 0 Å². The Hall–Kier alpha value is -2.83. The fourth-order valence-electron chi connectivity index (χ4n) is 3.52. The Morgan fingerprint density at radius 1 is 1.23 bits per heavy atom. The van der Waals surface area contributed by atoms with Crippen molar-refractivity contribution in [2.45, 2.75) is 24.3 Å². The first kappa shape index (κ1) is 22.8. The van der Waals surface area contributed by atoms with Crippen LogP contribution < -0.4 is 5.32 Å². The lowest BCUT2D eigenvalue weighted by molar-refractivity contribution is -0.113. The van der Waals surface area contributed by atoms with E-state index in [1.54, 1.807) is 53.4 Å². The predicted molar refractivity (Wildman–Crippen MR) is 121 cm³/mol. The van der Waals surface area contributed by atoms with Crippen molar-refractivity contribution in [3.8, 4) is 6.07 Å². The molecule has 1 heterocycles. The van der Waals surface area contributed by atoms with Gasteiger partial charge in [-0.1, -0.05) is 18.2 Å². The Morgan fingerprint density at radius 2 is 2.00 bits per heavy atom. The Labute approximate surface area is 186 Å². The molecule has 1 fully saturated rings. The third-order valence-corrected chi connectivity index (χ3v) is 7.83. The van der Waals surface area contributed by atoms with Crippen LogP contribution >= 0.6 is 11.8 Å². The van der Waals surface area contributed by atoms with E-state index >= 15 is 0 Å². The highest BCUT2D eigenvalue weighted by Crippen LogP contribution is 2.27. The summed E-state index contributed by atoms with van der Waals surface area (Å²) in [4.78, 5) is 27.8. The first-order valence-electron chi connectivity index (χ1n) is 9.86. The third-order valence-electron chi connectivity index (χ3n) is 5.00. The van der Waals surface area contributed by atoms with Gasteiger partial charge in [0.15, 0.2) is 9.84 Å². The van der Waals surface area contributed by atoms with Gasteiger partial charge in [0.25, 0.3) is 5.91 Å². The lowest BCUT2D eigenvalue weighted by Gasteiger charge is -2.27. The van der Waals surface area contributed by atoms with Gasteiger partial charge in [0.05, 0.1) is 34.5 Å². The van der Waals surface area contributed by atoms with Crippen molar-refractivity contribution in [2.24, 2.45) is 0 Å². The minimum absolute atomic E-state index is 0.00788. The summed E-state index contributed by atoms with van der Waals surface area (Å²) >= 11 is 1.24. The molecular weight excluding hydrogens is 434 g/mol. The van der Waals surface area contributed by atoms with Crippen LogP contribution in [-0.2, 0) is 14.6 Å². The highest BCUT2D eigenvalue weighted by molar-refractivity contribution is 8.00. The number of amides is 2. The van der Waals surface area contributed by atoms with Gasteiger partial charge in [-0.05, 0) is 43.7 Å². The number of benzene rings is 2. The van der Waals surface area contributed by atoms with Crippen molar-refractivity contribution < 1.29 is 18.0 Å². The van der Waals surface area contributed by atoms with Crippen LogP contribution in [0, 0.1) is 11.3 Å². The molecule has 1 saturated heterocycles. The zero-order valence-electron chi connectivity index (χ0n) is 17.1. The first-order valence-corrected chi connectivity index (χ1v) is 12.7. The second kappa shape index (κ2) is 9.98. The van der Waals surface area contributed by atoms with Crippen LogP contribution in [0.5, 0.6) is 0 Å². The maximum Gasteiger partial charge on any atom is 0.255 e. The molecular formula is C22H23N3O4S2. The number of carbonyl (C=O) groups excluding carboxylic acids is 2. The Bertz CT molecular complexity index is 1130. The molecule has 0 aromatic heterocycles. The lowest BCUT2D eigenvalue weighted by Crippen LogP contribution is -2.41. The number of rotatable bonds is 7. The van der Waals surface area contributed by atoms with Crippen molar-refractivity contribution in [2.75, 3.05) is 29.1 Å². The number of hydrogen-bond acceptors (Lipinski definition) is 6. The SMILES string of the molecule is CCN(C(=O)c1ccccc1SCC(=O)Nc1cccc(C#N)c1)C1CCS(=O)(=O)C1. The second-order valence-electron chi connectivity index (χ2n) is 7.17. The molecule has 1 atom stereocenters. The predicted octanol–water partition coefficient (Wildman–Crippen LogP) is 2.94. The number of sulfone groups is 1. The number of anilines is 1. The Kier molecular flexibility index (Phi) is 7.36. The van der Waals surface area contributed by atoms with Gasteiger partial charge in [0, 0.05) is 23.2 Å². The Balaban J connectivity index is 1.69. The van der Waals surface area contributed by atoms with Gasteiger partial charge >= 0.3 is 0 Å². The summed E-state index contributed by atoms with van der Waals surface area (Å²) in [7, 11) is -3.10. The minimum Gasteiger partial charge on any atom is -0.335 e. The summed E-state index contributed by atoms with van der Waals surface area (Å²) in [5.74, 6) is -0.298. The third kappa shape index (κ3) is 5.87. The summed E-state index contributed by atoms with van der Waals surface area (Å²) in [6.07, 6.45) is 0.446. The molecule has 7 nitrogen and oxygen atoms in total. The molecule has 0 aliphatic carbocycles. The van der Waals surface area contributed by atoms with E-state index in [1.165, 1.54) is 11.8 Å². The molecule has 2 aromatic rings. The molecule has 1 aliphatic rings. The molecule has 31 heavy (non-hydrogen) atoms. The van der Waals surface area contributed by atoms with Crippen LogP contribution in [0.3, 0.4) is 0 Å². The highest BCUT2D eigenvalue weighted by atomic mass is 32.2. The van der Waals surface area contributed by atoms with Crippen molar-refractivity contribution in [3.05, 3.63) is 59.7 Å². The molecule has 3 rings (SSSR count). The zero-order chi connectivity index (χ0) is 22.4. The molecule has 1 unspecified atom stereocenters. The zero-order valence-corrected chi connectivity index (χ0v) is 18.7. The van der Waals surface area contributed by atoms with E-state index in [9.17, 15) is 18.0 Å². The van der Waals surface area contributed by atoms with E-state index in [2.05, 4.69) is 5.32 Å². The van der Waals surface area contributed by atoms with Gasteiger partial charge in [-0.15, -0.1) is 11.8 Å². The normalized spacial score (nSPS) is 17.0. The van der Waals surface area contributed by atoms with Crippen LogP contribution in [0.2, 0.25) is 0 Å². The number of hydrogen-bond donors (Lipinski definition) is 1. The summed E-state index contributed by atoms with van der Waals surface area (Å²) in [5, 5.41) is 11.7. The van der Waals surface area contributed by atoms with Crippen LogP contribution in [0.4, 0.5) is 5.69 Å². The van der Waals surface area contributed by atoms with Crippen molar-refractivity contribution in [1.82, 2.24) is 4.90 Å². The summed E-state index contributed by atoms with van der Waals surface area (Å²) in [5.41, 5.74) is 1.45. The molecule has 0 spiro atoms. The highest BCUT2D eigenvalue weighted by Gasteiger charge is 2.34. The van der Waals surface area contributed by atoms with Crippen LogP contribution in [0.25, 0.3) is 0 Å². The molecule has 0 radical (unpaired) electrons. The average Bonchev–Trinajstić information content (AvgIpc) is 3.12. The molecule has 0 bridgehead atoms. The molecule has 162 valence electrons. The van der Waals surface area contributed by atoms with Crippen molar-refractivity contribution >= 4 is 39.1 Å². The van der Waals surface area contributed by atoms with Gasteiger partial charge in [-0.3, -0.25) is 9.59 Å². The first-order chi connectivity index (χ1) is 14.8. The number of carbonyl (C=O) groups is 2. The van der Waals surface area contributed by atoms with E-state index in [1.807, 2.05) is 13.0 Å². The van der Waals surface area contributed by atoms with Gasteiger partial charge in [-0.25, -0.2) is 8.42 Å². The fraction of sp³-hybridized carbons (Fsp3) is 0.318. The van der Waals surface area contributed by atoms with Gasteiger partial charge in [-0.2, -0.15) is 5.26 Å². The maximum absolute atomic E-state index is 13.2. The topological polar surface area (TPSA) is 107 Å². The molecule has 0 saturated carbocycles. The smallest absolute Gasteiger partial charge is 0.255 e. The van der Waals surface area contributed by atoms with Crippen LogP contribution in [-0.4, -0.2) is 55.0 Å². The molecule has 2 amide bonds. The average molecular weight is 458 g/mol. The van der Waals surface area contributed by atoms with Crippen molar-refractivity contribution in [1.29, 1.82) is 5.26 Å². The van der Waals surface area contributed by atoms with E-state index in [0.717, 1.165) is 0 Å². The second-order valence-corrected chi connectivity index (χ2v) is 10.4. The van der Waals surface area contributed by atoms with Gasteiger partial charge < -0.3 is 10.2 Å². The van der Waals surface area contributed by atoms with E-state index in [4.69, 9.17) is 5.26 Å². The summed E-state index contributed by atoms with van der Waals surface area (Å²) < 4.78 is 23.7. The van der Waals surface area contributed by atoms with Crippen LogP contribution in [0.15, 0.2) is 53.4 Å². The molecule has 9 heteroatoms. The Morgan fingerprint density at radius 3 is 2.68 bits per heavy atom. The quantitative estimate of drug-likeness (QED) is 0.641.